The molecule has 1 spiro atoms. The molecule has 2 saturated heterocycles. The predicted octanol–water partition coefficient (Wildman–Crippen LogP) is 4.68. The van der Waals surface area contributed by atoms with Crippen molar-refractivity contribution in [1.29, 1.82) is 0 Å². The molecule has 0 radical (unpaired) electrons. The summed E-state index contributed by atoms with van der Waals surface area (Å²) in [5.41, 5.74) is 0.908. The van der Waals surface area contributed by atoms with Crippen LogP contribution in [0.1, 0.15) is 69.9 Å². The fraction of sp³-hybridized carbons (Fsp3) is 0.667. The molecule has 3 aliphatic rings. The number of carbonyl (C=O) groups is 1. The minimum absolute atomic E-state index is 0.103. The summed E-state index contributed by atoms with van der Waals surface area (Å²) < 4.78 is 6.50. The maximum Gasteiger partial charge on any atom is 0.225 e. The highest BCUT2D eigenvalue weighted by Gasteiger charge is 2.59. The largest absolute Gasteiger partial charge is 0.353 e. The van der Waals surface area contributed by atoms with Crippen LogP contribution in [0.3, 0.4) is 0 Å². The SMILES string of the molecule is CCCC[C@@H]1CCC[C@@]23OC[C@@H](c4ccccc4)N2C(=O)CC[C@@H]13. The van der Waals surface area contributed by atoms with Gasteiger partial charge in [0.05, 0.1) is 12.6 Å². The fourth-order valence-corrected chi connectivity index (χ4v) is 5.46. The Labute approximate surface area is 145 Å². The zero-order valence-electron chi connectivity index (χ0n) is 14.7. The average Bonchev–Trinajstić information content (AvgIpc) is 3.01. The van der Waals surface area contributed by atoms with E-state index in [1.807, 2.05) is 6.07 Å². The van der Waals surface area contributed by atoms with Crippen LogP contribution in [0.2, 0.25) is 0 Å². The first-order valence-corrected chi connectivity index (χ1v) is 9.77. The van der Waals surface area contributed by atoms with Crippen LogP contribution in [0.25, 0.3) is 0 Å². The molecule has 2 aliphatic heterocycles. The number of rotatable bonds is 4. The number of hydrogen-bond donors (Lipinski definition) is 0. The molecule has 1 aliphatic carbocycles. The van der Waals surface area contributed by atoms with Crippen LogP contribution >= 0.6 is 0 Å². The topological polar surface area (TPSA) is 29.5 Å². The van der Waals surface area contributed by atoms with E-state index in [2.05, 4.69) is 36.1 Å². The number of unbranched alkanes of at least 4 members (excludes halogenated alkanes) is 1. The van der Waals surface area contributed by atoms with E-state index in [1.54, 1.807) is 0 Å². The fourth-order valence-electron chi connectivity index (χ4n) is 5.46. The lowest BCUT2D eigenvalue weighted by Crippen LogP contribution is -2.60. The van der Waals surface area contributed by atoms with Gasteiger partial charge in [-0.2, -0.15) is 0 Å². The van der Waals surface area contributed by atoms with Crippen molar-refractivity contribution < 1.29 is 9.53 Å². The highest BCUT2D eigenvalue weighted by Crippen LogP contribution is 2.55. The number of ether oxygens (including phenoxy) is 1. The minimum atomic E-state index is -0.313. The van der Waals surface area contributed by atoms with Crippen molar-refractivity contribution in [2.45, 2.75) is 70.1 Å². The van der Waals surface area contributed by atoms with Gasteiger partial charge < -0.3 is 9.64 Å². The maximum absolute atomic E-state index is 12.9. The molecule has 0 bridgehead atoms. The Morgan fingerprint density at radius 3 is 2.88 bits per heavy atom. The van der Waals surface area contributed by atoms with E-state index in [0.717, 1.165) is 18.8 Å². The van der Waals surface area contributed by atoms with E-state index in [0.29, 0.717) is 24.9 Å². The van der Waals surface area contributed by atoms with Crippen LogP contribution in [-0.4, -0.2) is 23.1 Å². The van der Waals surface area contributed by atoms with Crippen molar-refractivity contribution in [3.63, 3.8) is 0 Å². The number of piperidine rings is 1. The van der Waals surface area contributed by atoms with Gasteiger partial charge in [0.2, 0.25) is 5.91 Å². The molecule has 4 atom stereocenters. The maximum atomic E-state index is 12.9. The van der Waals surface area contributed by atoms with Crippen molar-refractivity contribution in [2.24, 2.45) is 11.8 Å². The van der Waals surface area contributed by atoms with Gasteiger partial charge in [-0.25, -0.2) is 0 Å². The highest BCUT2D eigenvalue weighted by molar-refractivity contribution is 5.79. The van der Waals surface area contributed by atoms with Gasteiger partial charge in [0.15, 0.2) is 0 Å². The van der Waals surface area contributed by atoms with E-state index in [-0.39, 0.29) is 11.8 Å². The lowest BCUT2D eigenvalue weighted by atomic mass is 9.67. The molecule has 3 heteroatoms. The molecule has 3 fully saturated rings. The summed E-state index contributed by atoms with van der Waals surface area (Å²) in [6.07, 6.45) is 9.09. The molecule has 1 amide bonds. The van der Waals surface area contributed by atoms with Gasteiger partial charge in [-0.15, -0.1) is 0 Å². The monoisotopic (exact) mass is 327 g/mol. The Kier molecular flexibility index (Phi) is 4.38. The molecule has 1 aromatic rings. The van der Waals surface area contributed by atoms with Crippen molar-refractivity contribution in [3.05, 3.63) is 35.9 Å². The molecule has 0 aromatic heterocycles. The van der Waals surface area contributed by atoms with E-state index < -0.39 is 0 Å². The summed E-state index contributed by atoms with van der Waals surface area (Å²) in [7, 11) is 0. The van der Waals surface area contributed by atoms with Gasteiger partial charge in [0.1, 0.15) is 5.72 Å². The first-order valence-electron chi connectivity index (χ1n) is 9.77. The van der Waals surface area contributed by atoms with Gasteiger partial charge in [-0.1, -0.05) is 56.5 Å². The standard InChI is InChI=1S/C21H29NO2/c1-2-3-8-16-11-7-14-21-18(16)12-13-20(23)22(21)19(15-24-21)17-9-5-4-6-10-17/h4-6,9-10,16,18-19H,2-3,7-8,11-15H2,1H3/t16-,18+,19+,21+/m1/s1. The molecule has 2 heterocycles. The van der Waals surface area contributed by atoms with Crippen LogP contribution in [-0.2, 0) is 9.53 Å². The second-order valence-electron chi connectivity index (χ2n) is 7.79. The summed E-state index contributed by atoms with van der Waals surface area (Å²) in [6, 6.07) is 10.6. The summed E-state index contributed by atoms with van der Waals surface area (Å²) in [5, 5.41) is 0. The Morgan fingerprint density at radius 2 is 2.08 bits per heavy atom. The third-order valence-electron chi connectivity index (χ3n) is 6.52. The smallest absolute Gasteiger partial charge is 0.225 e. The number of hydrogen-bond acceptors (Lipinski definition) is 2. The molecular weight excluding hydrogens is 298 g/mol. The molecule has 130 valence electrons. The molecule has 0 unspecified atom stereocenters. The summed E-state index contributed by atoms with van der Waals surface area (Å²) in [6.45, 7) is 2.93. The number of carbonyl (C=O) groups excluding carboxylic acids is 1. The van der Waals surface area contributed by atoms with E-state index in [9.17, 15) is 4.79 Å². The first-order chi connectivity index (χ1) is 11.8. The number of benzene rings is 1. The van der Waals surface area contributed by atoms with Crippen molar-refractivity contribution in [3.8, 4) is 0 Å². The van der Waals surface area contributed by atoms with Gasteiger partial charge >= 0.3 is 0 Å². The molecule has 0 N–H and O–H groups in total. The van der Waals surface area contributed by atoms with E-state index in [1.165, 1.54) is 37.7 Å². The van der Waals surface area contributed by atoms with Gasteiger partial charge in [-0.3, -0.25) is 4.79 Å². The number of nitrogens with zero attached hydrogens (tertiary/aromatic N) is 1. The first kappa shape index (κ1) is 16.1. The molecule has 1 aromatic carbocycles. The van der Waals surface area contributed by atoms with E-state index in [4.69, 9.17) is 4.74 Å². The van der Waals surface area contributed by atoms with Crippen molar-refractivity contribution >= 4 is 5.91 Å². The van der Waals surface area contributed by atoms with Crippen LogP contribution in [0.15, 0.2) is 30.3 Å². The summed E-state index contributed by atoms with van der Waals surface area (Å²) in [4.78, 5) is 15.0. The third-order valence-corrected chi connectivity index (χ3v) is 6.52. The Morgan fingerprint density at radius 1 is 1.25 bits per heavy atom. The van der Waals surface area contributed by atoms with Gasteiger partial charge in [-0.05, 0) is 37.2 Å². The zero-order valence-corrected chi connectivity index (χ0v) is 14.7. The normalized spacial score (nSPS) is 35.6. The lowest BCUT2D eigenvalue weighted by Gasteiger charge is -2.53. The minimum Gasteiger partial charge on any atom is -0.353 e. The Balaban J connectivity index is 1.65. The molecule has 3 nitrogen and oxygen atoms in total. The predicted molar refractivity (Wildman–Crippen MR) is 94.3 cm³/mol. The zero-order chi connectivity index (χ0) is 16.6. The average molecular weight is 327 g/mol. The van der Waals surface area contributed by atoms with Crippen LogP contribution in [0.4, 0.5) is 0 Å². The highest BCUT2D eigenvalue weighted by atomic mass is 16.5. The third kappa shape index (κ3) is 2.48. The summed E-state index contributed by atoms with van der Waals surface area (Å²) in [5.74, 6) is 1.56. The van der Waals surface area contributed by atoms with Crippen LogP contribution < -0.4 is 0 Å². The molecule has 4 rings (SSSR count). The van der Waals surface area contributed by atoms with Crippen molar-refractivity contribution in [2.75, 3.05) is 6.61 Å². The summed E-state index contributed by atoms with van der Waals surface area (Å²) >= 11 is 0. The quantitative estimate of drug-likeness (QED) is 0.803. The van der Waals surface area contributed by atoms with E-state index >= 15 is 0 Å². The second-order valence-corrected chi connectivity index (χ2v) is 7.79. The lowest BCUT2D eigenvalue weighted by molar-refractivity contribution is -0.195. The van der Waals surface area contributed by atoms with Gasteiger partial charge in [0.25, 0.3) is 0 Å². The van der Waals surface area contributed by atoms with Gasteiger partial charge in [0, 0.05) is 12.3 Å². The Hall–Kier alpha value is -1.35. The van der Waals surface area contributed by atoms with Crippen LogP contribution in [0.5, 0.6) is 0 Å². The molecular formula is C21H29NO2. The van der Waals surface area contributed by atoms with Crippen LogP contribution in [0, 0.1) is 11.8 Å². The Bertz CT molecular complexity index is 587. The second kappa shape index (κ2) is 6.51. The van der Waals surface area contributed by atoms with Crippen molar-refractivity contribution in [1.82, 2.24) is 4.90 Å². The molecule has 1 saturated carbocycles. The molecule has 24 heavy (non-hydrogen) atoms. The number of amides is 1.